The molecule has 1 aromatic carbocycles. The summed E-state index contributed by atoms with van der Waals surface area (Å²) >= 11 is 0. The van der Waals surface area contributed by atoms with E-state index >= 15 is 0 Å². The van der Waals surface area contributed by atoms with Crippen LogP contribution >= 0.6 is 24.0 Å². The van der Waals surface area contributed by atoms with Crippen molar-refractivity contribution in [2.45, 2.75) is 39.7 Å². The number of nitrogens with one attached hydrogen (secondary N) is 1. The molecule has 1 saturated heterocycles. The molecule has 1 atom stereocenters. The van der Waals surface area contributed by atoms with Gasteiger partial charge in [0.1, 0.15) is 5.75 Å². The first-order valence-corrected chi connectivity index (χ1v) is 8.62. The molecule has 1 aliphatic heterocycles. The number of anilines is 1. The summed E-state index contributed by atoms with van der Waals surface area (Å²) in [6, 6.07) is 7.80. The van der Waals surface area contributed by atoms with E-state index in [1.165, 1.54) is 19.4 Å². The van der Waals surface area contributed by atoms with Crippen molar-refractivity contribution < 1.29 is 4.74 Å². The molecule has 0 bridgehead atoms. The van der Waals surface area contributed by atoms with Crippen LogP contribution in [0.15, 0.2) is 29.3 Å². The zero-order valence-corrected chi connectivity index (χ0v) is 17.3. The molecule has 1 heterocycles. The third-order valence-corrected chi connectivity index (χ3v) is 4.07. The molecule has 1 aromatic rings. The lowest BCUT2D eigenvalue weighted by Gasteiger charge is -2.30. The normalized spacial score (nSPS) is 19.0. The van der Waals surface area contributed by atoms with Gasteiger partial charge in [-0.1, -0.05) is 6.92 Å². The van der Waals surface area contributed by atoms with E-state index in [1.807, 2.05) is 38.1 Å². The lowest BCUT2D eigenvalue weighted by Crippen LogP contribution is -2.36. The molecule has 24 heavy (non-hydrogen) atoms. The summed E-state index contributed by atoms with van der Waals surface area (Å²) < 4.78 is 5.63. The Morgan fingerprint density at radius 3 is 2.71 bits per heavy atom. The topological polar surface area (TPSA) is 62.9 Å². The van der Waals surface area contributed by atoms with Gasteiger partial charge in [-0.25, -0.2) is 0 Å². The van der Waals surface area contributed by atoms with Crippen molar-refractivity contribution >= 4 is 35.6 Å². The number of nitrogens with two attached hydrogens (primary N) is 1. The van der Waals surface area contributed by atoms with Crippen LogP contribution in [-0.2, 0) is 0 Å². The van der Waals surface area contributed by atoms with E-state index in [9.17, 15) is 0 Å². The number of aliphatic imine (C=N–C) groups is 1. The van der Waals surface area contributed by atoms with Gasteiger partial charge in [-0.05, 0) is 70.0 Å². The van der Waals surface area contributed by atoms with E-state index in [-0.39, 0.29) is 30.1 Å². The summed E-state index contributed by atoms with van der Waals surface area (Å²) in [5.74, 6) is 1.96. The standard InChI is InChI=1S/C18H30N4O.HI/c1-4-22-11-5-6-15(13-22)12-20-18(19)21-16-7-9-17(10-8-16)23-14(2)3;/h7-10,14-15H,4-6,11-13H2,1-3H3,(H3,19,20,21);1H. The van der Waals surface area contributed by atoms with Crippen molar-refractivity contribution in [1.29, 1.82) is 0 Å². The Kier molecular flexibility index (Phi) is 9.43. The molecule has 1 unspecified atom stereocenters. The molecule has 5 nitrogen and oxygen atoms in total. The molecule has 1 fully saturated rings. The molecule has 2 rings (SSSR count). The maximum atomic E-state index is 6.00. The van der Waals surface area contributed by atoms with E-state index in [0.29, 0.717) is 11.9 Å². The van der Waals surface area contributed by atoms with Gasteiger partial charge in [-0.2, -0.15) is 0 Å². The Bertz CT molecular complexity index is 504. The first kappa shape index (κ1) is 21.0. The molecule has 3 N–H and O–H groups in total. The maximum absolute atomic E-state index is 6.00. The van der Waals surface area contributed by atoms with Crippen molar-refractivity contribution in [2.24, 2.45) is 16.6 Å². The van der Waals surface area contributed by atoms with Crippen molar-refractivity contribution in [1.82, 2.24) is 4.90 Å². The average molecular weight is 446 g/mol. The van der Waals surface area contributed by atoms with Crippen LogP contribution in [0.1, 0.15) is 33.6 Å². The number of piperidine rings is 1. The van der Waals surface area contributed by atoms with Gasteiger partial charge in [0.25, 0.3) is 0 Å². The summed E-state index contributed by atoms with van der Waals surface area (Å²) in [4.78, 5) is 6.99. The van der Waals surface area contributed by atoms with Crippen LogP contribution in [0, 0.1) is 5.92 Å². The lowest BCUT2D eigenvalue weighted by molar-refractivity contribution is 0.187. The van der Waals surface area contributed by atoms with E-state index in [1.54, 1.807) is 0 Å². The number of hydrogen-bond acceptors (Lipinski definition) is 3. The summed E-state index contributed by atoms with van der Waals surface area (Å²) in [5, 5.41) is 3.15. The summed E-state index contributed by atoms with van der Waals surface area (Å²) in [6.45, 7) is 10.5. The molecule has 0 aromatic heterocycles. The number of nitrogens with zero attached hydrogens (tertiary/aromatic N) is 2. The number of rotatable bonds is 6. The van der Waals surface area contributed by atoms with Gasteiger partial charge in [0, 0.05) is 18.8 Å². The molecule has 6 heteroatoms. The molecular formula is C18H31IN4O. The zero-order valence-electron chi connectivity index (χ0n) is 15.0. The van der Waals surface area contributed by atoms with Crippen LogP contribution in [0.3, 0.4) is 0 Å². The minimum atomic E-state index is 0. The number of guanidine groups is 1. The number of ether oxygens (including phenoxy) is 1. The lowest BCUT2D eigenvalue weighted by atomic mass is 9.98. The Morgan fingerprint density at radius 2 is 2.08 bits per heavy atom. The zero-order chi connectivity index (χ0) is 16.7. The molecule has 0 spiro atoms. The van der Waals surface area contributed by atoms with Gasteiger partial charge < -0.3 is 20.7 Å². The monoisotopic (exact) mass is 446 g/mol. The molecule has 1 aliphatic rings. The van der Waals surface area contributed by atoms with Crippen molar-refractivity contribution in [2.75, 3.05) is 31.5 Å². The Hall–Kier alpha value is -1.02. The first-order valence-electron chi connectivity index (χ1n) is 8.62. The molecular weight excluding hydrogens is 415 g/mol. The Balaban J connectivity index is 0.00000288. The van der Waals surface area contributed by atoms with Crippen molar-refractivity contribution in [3.05, 3.63) is 24.3 Å². The number of benzene rings is 1. The van der Waals surface area contributed by atoms with Crippen LogP contribution in [-0.4, -0.2) is 43.1 Å². The molecule has 0 amide bonds. The molecule has 0 radical (unpaired) electrons. The predicted molar refractivity (Wildman–Crippen MR) is 113 cm³/mol. The van der Waals surface area contributed by atoms with E-state index in [0.717, 1.165) is 31.1 Å². The Labute approximate surface area is 163 Å². The minimum absolute atomic E-state index is 0. The van der Waals surface area contributed by atoms with Crippen LogP contribution in [0.4, 0.5) is 5.69 Å². The smallest absolute Gasteiger partial charge is 0.193 e. The average Bonchev–Trinajstić information content (AvgIpc) is 2.54. The van der Waals surface area contributed by atoms with Gasteiger partial charge in [0.05, 0.1) is 6.10 Å². The highest BCUT2D eigenvalue weighted by Crippen LogP contribution is 2.18. The third-order valence-electron chi connectivity index (χ3n) is 4.07. The highest BCUT2D eigenvalue weighted by molar-refractivity contribution is 14.0. The van der Waals surface area contributed by atoms with Crippen molar-refractivity contribution in [3.8, 4) is 5.75 Å². The van der Waals surface area contributed by atoms with E-state index in [4.69, 9.17) is 10.5 Å². The van der Waals surface area contributed by atoms with Gasteiger partial charge in [-0.15, -0.1) is 24.0 Å². The van der Waals surface area contributed by atoms with Gasteiger partial charge in [0.2, 0.25) is 0 Å². The second-order valence-electron chi connectivity index (χ2n) is 6.44. The van der Waals surface area contributed by atoms with Crippen LogP contribution in [0.5, 0.6) is 5.75 Å². The van der Waals surface area contributed by atoms with Crippen LogP contribution in [0.25, 0.3) is 0 Å². The highest BCUT2D eigenvalue weighted by Gasteiger charge is 2.18. The summed E-state index contributed by atoms with van der Waals surface area (Å²) in [6.07, 6.45) is 2.69. The second kappa shape index (κ2) is 10.8. The predicted octanol–water partition coefficient (Wildman–Crippen LogP) is 3.55. The fraction of sp³-hybridized carbons (Fsp3) is 0.611. The van der Waals surface area contributed by atoms with Gasteiger partial charge >= 0.3 is 0 Å². The fourth-order valence-corrected chi connectivity index (χ4v) is 2.89. The SMILES string of the molecule is CCN1CCCC(CN=C(N)Nc2ccc(OC(C)C)cc2)C1.I. The van der Waals surface area contributed by atoms with E-state index in [2.05, 4.69) is 22.1 Å². The van der Waals surface area contributed by atoms with Crippen LogP contribution < -0.4 is 15.8 Å². The quantitative estimate of drug-likeness (QED) is 0.399. The largest absolute Gasteiger partial charge is 0.491 e. The third kappa shape index (κ3) is 7.25. The minimum Gasteiger partial charge on any atom is -0.491 e. The summed E-state index contributed by atoms with van der Waals surface area (Å²) in [5.41, 5.74) is 6.93. The first-order chi connectivity index (χ1) is 11.1. The molecule has 0 saturated carbocycles. The highest BCUT2D eigenvalue weighted by atomic mass is 127. The number of halogens is 1. The fourth-order valence-electron chi connectivity index (χ4n) is 2.89. The number of likely N-dealkylation sites (tertiary alicyclic amines) is 1. The number of hydrogen-bond donors (Lipinski definition) is 2. The van der Waals surface area contributed by atoms with Crippen LogP contribution in [0.2, 0.25) is 0 Å². The van der Waals surface area contributed by atoms with Crippen molar-refractivity contribution in [3.63, 3.8) is 0 Å². The molecule has 0 aliphatic carbocycles. The molecule has 136 valence electrons. The Morgan fingerprint density at radius 1 is 1.38 bits per heavy atom. The van der Waals surface area contributed by atoms with Gasteiger partial charge in [-0.3, -0.25) is 4.99 Å². The maximum Gasteiger partial charge on any atom is 0.193 e. The second-order valence-corrected chi connectivity index (χ2v) is 6.44. The van der Waals surface area contributed by atoms with Gasteiger partial charge in [0.15, 0.2) is 5.96 Å². The summed E-state index contributed by atoms with van der Waals surface area (Å²) in [7, 11) is 0. The van der Waals surface area contributed by atoms with E-state index < -0.39 is 0 Å².